The summed E-state index contributed by atoms with van der Waals surface area (Å²) in [7, 11) is 0. The van der Waals surface area contributed by atoms with Gasteiger partial charge in [-0.3, -0.25) is 4.79 Å². The molecule has 1 aromatic carbocycles. The van der Waals surface area contributed by atoms with E-state index >= 15 is 0 Å². The molecular formula is C14H12N4O. The van der Waals surface area contributed by atoms with Crippen LogP contribution in [-0.4, -0.2) is 16.7 Å². The highest BCUT2D eigenvalue weighted by Crippen LogP contribution is 2.14. The van der Waals surface area contributed by atoms with Crippen molar-refractivity contribution in [2.45, 2.75) is 0 Å². The molecule has 1 aliphatic rings. The van der Waals surface area contributed by atoms with Crippen LogP contribution in [0.25, 0.3) is 6.08 Å². The SMILES string of the molecule is O=C1NN=C(Nc2ccccc2)/C1=C\c1ccc[nH]1. The Bertz CT molecular complexity index is 641. The summed E-state index contributed by atoms with van der Waals surface area (Å²) >= 11 is 0. The Morgan fingerprint density at radius 1 is 1.11 bits per heavy atom. The lowest BCUT2D eigenvalue weighted by atomic mass is 10.2. The lowest BCUT2D eigenvalue weighted by Gasteiger charge is -2.05. The number of aromatic amines is 1. The maximum Gasteiger partial charge on any atom is 0.275 e. The minimum atomic E-state index is -0.215. The van der Waals surface area contributed by atoms with Crippen LogP contribution in [0.2, 0.25) is 0 Å². The number of amidine groups is 1. The third-order valence-electron chi connectivity index (χ3n) is 2.73. The Labute approximate surface area is 110 Å². The van der Waals surface area contributed by atoms with Gasteiger partial charge in [0.05, 0.1) is 5.57 Å². The summed E-state index contributed by atoms with van der Waals surface area (Å²) in [6.07, 6.45) is 3.57. The van der Waals surface area contributed by atoms with Crippen molar-refractivity contribution < 1.29 is 4.79 Å². The molecule has 94 valence electrons. The van der Waals surface area contributed by atoms with E-state index in [1.807, 2.05) is 42.5 Å². The molecule has 0 fully saturated rings. The molecule has 0 saturated carbocycles. The third-order valence-corrected chi connectivity index (χ3v) is 2.73. The molecule has 1 aliphatic heterocycles. The van der Waals surface area contributed by atoms with E-state index in [2.05, 4.69) is 20.8 Å². The highest BCUT2D eigenvalue weighted by atomic mass is 16.2. The normalized spacial score (nSPS) is 16.3. The van der Waals surface area contributed by atoms with Gasteiger partial charge in [0, 0.05) is 17.6 Å². The largest absolute Gasteiger partial charge is 0.362 e. The zero-order valence-electron chi connectivity index (χ0n) is 10.1. The van der Waals surface area contributed by atoms with Crippen LogP contribution in [0.3, 0.4) is 0 Å². The fourth-order valence-corrected chi connectivity index (χ4v) is 1.81. The van der Waals surface area contributed by atoms with Crippen LogP contribution >= 0.6 is 0 Å². The van der Waals surface area contributed by atoms with Crippen LogP contribution in [0.5, 0.6) is 0 Å². The zero-order valence-corrected chi connectivity index (χ0v) is 10.1. The molecule has 0 bridgehead atoms. The number of aromatic nitrogens is 1. The topological polar surface area (TPSA) is 69.3 Å². The molecule has 0 saturated heterocycles. The standard InChI is InChI=1S/C14H12N4O/c19-14-12(9-11-7-4-8-15-11)13(17-18-14)16-10-5-2-1-3-6-10/h1-9,15H,(H,16,17)(H,18,19)/b12-9+. The van der Waals surface area contributed by atoms with Crippen LogP contribution in [0, 0.1) is 0 Å². The molecule has 3 rings (SSSR count). The lowest BCUT2D eigenvalue weighted by Crippen LogP contribution is -2.17. The average Bonchev–Trinajstić information content (AvgIpc) is 3.05. The second kappa shape index (κ2) is 4.81. The number of hydrogen-bond acceptors (Lipinski definition) is 3. The van der Waals surface area contributed by atoms with Gasteiger partial charge in [-0.1, -0.05) is 18.2 Å². The molecule has 1 amide bonds. The molecule has 0 spiro atoms. The first-order chi connectivity index (χ1) is 9.33. The van der Waals surface area contributed by atoms with Crippen molar-refractivity contribution in [2.75, 3.05) is 5.32 Å². The van der Waals surface area contributed by atoms with Gasteiger partial charge in [-0.05, 0) is 30.3 Å². The molecule has 0 radical (unpaired) electrons. The third kappa shape index (κ3) is 2.40. The molecule has 2 aromatic rings. The van der Waals surface area contributed by atoms with Crippen molar-refractivity contribution in [3.8, 4) is 0 Å². The number of anilines is 1. The summed E-state index contributed by atoms with van der Waals surface area (Å²) in [5.74, 6) is 0.304. The van der Waals surface area contributed by atoms with Crippen molar-refractivity contribution in [3.05, 3.63) is 59.9 Å². The highest BCUT2D eigenvalue weighted by Gasteiger charge is 2.22. The Morgan fingerprint density at radius 3 is 2.68 bits per heavy atom. The van der Waals surface area contributed by atoms with Gasteiger partial charge in [0.2, 0.25) is 0 Å². The number of nitrogens with one attached hydrogen (secondary N) is 3. The zero-order chi connectivity index (χ0) is 13.1. The monoisotopic (exact) mass is 252 g/mol. The number of nitrogens with zero attached hydrogens (tertiary/aromatic N) is 1. The molecule has 19 heavy (non-hydrogen) atoms. The number of H-pyrrole nitrogens is 1. The number of para-hydroxylation sites is 1. The Balaban J connectivity index is 1.87. The molecule has 5 heteroatoms. The molecule has 0 unspecified atom stereocenters. The molecule has 0 aliphatic carbocycles. The quantitative estimate of drug-likeness (QED) is 0.715. The van der Waals surface area contributed by atoms with Gasteiger partial charge < -0.3 is 10.3 Å². The van der Waals surface area contributed by atoms with E-state index in [0.29, 0.717) is 11.4 Å². The summed E-state index contributed by atoms with van der Waals surface area (Å²) < 4.78 is 0. The van der Waals surface area contributed by atoms with Crippen LogP contribution in [-0.2, 0) is 4.79 Å². The minimum Gasteiger partial charge on any atom is -0.362 e. The Kier molecular flexibility index (Phi) is 2.86. The summed E-state index contributed by atoms with van der Waals surface area (Å²) in [5.41, 5.74) is 4.70. The number of amides is 1. The van der Waals surface area contributed by atoms with Gasteiger partial charge in [0.1, 0.15) is 0 Å². The van der Waals surface area contributed by atoms with Gasteiger partial charge in [-0.2, -0.15) is 5.10 Å². The highest BCUT2D eigenvalue weighted by molar-refractivity contribution is 6.30. The van der Waals surface area contributed by atoms with E-state index in [4.69, 9.17) is 0 Å². The van der Waals surface area contributed by atoms with E-state index in [1.54, 1.807) is 12.3 Å². The van der Waals surface area contributed by atoms with E-state index < -0.39 is 0 Å². The predicted molar refractivity (Wildman–Crippen MR) is 74.4 cm³/mol. The molecule has 0 atom stereocenters. The number of hydrazone groups is 1. The van der Waals surface area contributed by atoms with E-state index in [9.17, 15) is 4.79 Å². The predicted octanol–water partition coefficient (Wildman–Crippen LogP) is 1.95. The van der Waals surface area contributed by atoms with Gasteiger partial charge in [0.25, 0.3) is 5.91 Å². The van der Waals surface area contributed by atoms with Crippen molar-refractivity contribution in [3.63, 3.8) is 0 Å². The van der Waals surface area contributed by atoms with Crippen molar-refractivity contribution in [1.29, 1.82) is 0 Å². The van der Waals surface area contributed by atoms with E-state index in [1.165, 1.54) is 0 Å². The number of benzene rings is 1. The van der Waals surface area contributed by atoms with Crippen LogP contribution in [0.1, 0.15) is 5.69 Å². The Hall–Kier alpha value is -2.82. The van der Waals surface area contributed by atoms with Crippen LogP contribution in [0.4, 0.5) is 5.69 Å². The first kappa shape index (κ1) is 11.3. The fraction of sp³-hybridized carbons (Fsp3) is 0. The van der Waals surface area contributed by atoms with E-state index in [0.717, 1.165) is 11.4 Å². The summed E-state index contributed by atoms with van der Waals surface area (Å²) in [6.45, 7) is 0. The molecular weight excluding hydrogens is 240 g/mol. The van der Waals surface area contributed by atoms with Crippen molar-refractivity contribution in [1.82, 2.24) is 10.4 Å². The van der Waals surface area contributed by atoms with Crippen molar-refractivity contribution >= 4 is 23.5 Å². The average molecular weight is 252 g/mol. The van der Waals surface area contributed by atoms with Gasteiger partial charge in [-0.15, -0.1) is 0 Å². The van der Waals surface area contributed by atoms with E-state index in [-0.39, 0.29) is 5.91 Å². The molecule has 1 aromatic heterocycles. The maximum absolute atomic E-state index is 11.8. The van der Waals surface area contributed by atoms with Crippen LogP contribution < -0.4 is 10.7 Å². The lowest BCUT2D eigenvalue weighted by molar-refractivity contribution is -0.116. The molecule has 2 heterocycles. The summed E-state index contributed by atoms with van der Waals surface area (Å²) in [6, 6.07) is 13.4. The number of rotatable bonds is 2. The maximum atomic E-state index is 11.8. The Morgan fingerprint density at radius 2 is 1.95 bits per heavy atom. The van der Waals surface area contributed by atoms with Crippen LogP contribution in [0.15, 0.2) is 59.3 Å². The molecule has 5 nitrogen and oxygen atoms in total. The smallest absolute Gasteiger partial charge is 0.275 e. The van der Waals surface area contributed by atoms with Crippen molar-refractivity contribution in [2.24, 2.45) is 5.10 Å². The minimum absolute atomic E-state index is 0.215. The second-order valence-corrected chi connectivity index (χ2v) is 4.08. The number of carbonyl (C=O) groups excluding carboxylic acids is 1. The van der Waals surface area contributed by atoms with Gasteiger partial charge in [-0.25, -0.2) is 5.43 Å². The van der Waals surface area contributed by atoms with Gasteiger partial charge in [0.15, 0.2) is 5.84 Å². The number of hydrogen-bond donors (Lipinski definition) is 3. The summed E-state index contributed by atoms with van der Waals surface area (Å²) in [5, 5.41) is 7.12. The first-order valence-corrected chi connectivity index (χ1v) is 5.88. The summed E-state index contributed by atoms with van der Waals surface area (Å²) in [4.78, 5) is 14.8. The van der Waals surface area contributed by atoms with Gasteiger partial charge >= 0.3 is 0 Å². The second-order valence-electron chi connectivity index (χ2n) is 4.08. The fourth-order valence-electron chi connectivity index (χ4n) is 1.81. The molecule has 3 N–H and O–H groups in total. The first-order valence-electron chi connectivity index (χ1n) is 5.88. The number of carbonyl (C=O) groups is 1.